The average molecular weight is 352 g/mol. The second-order valence-corrected chi connectivity index (χ2v) is 7.16. The molecule has 1 aromatic heterocycles. The summed E-state index contributed by atoms with van der Waals surface area (Å²) < 4.78 is 0. The zero-order valence-corrected chi connectivity index (χ0v) is 15.3. The lowest BCUT2D eigenvalue weighted by atomic mass is 9.94. The van der Waals surface area contributed by atoms with Gasteiger partial charge in [0.25, 0.3) is 5.91 Å². The third kappa shape index (κ3) is 3.93. The quantitative estimate of drug-likeness (QED) is 0.780. The standard InChI is InChI=1S/C21H24N2O3/c1-12-7-15(12)11-20(25)16-9-18(23-19(10-16)21(26)22-3)13(2)14-5-4-6-17(24)8-14/h4-6,8-10,12-13,15,24H,7,11H2,1-3H3,(H,22,26)/t12-,13?,15?/m0/s1. The fraction of sp³-hybridized carbons (Fsp3) is 0.381. The van der Waals surface area contributed by atoms with Gasteiger partial charge >= 0.3 is 0 Å². The van der Waals surface area contributed by atoms with Crippen LogP contribution in [0.1, 0.15) is 64.7 Å². The molecule has 136 valence electrons. The van der Waals surface area contributed by atoms with Crippen LogP contribution in [0.4, 0.5) is 0 Å². The van der Waals surface area contributed by atoms with Crippen molar-refractivity contribution in [2.75, 3.05) is 7.05 Å². The number of benzene rings is 1. The number of nitrogens with zero attached hydrogens (tertiary/aromatic N) is 1. The van der Waals surface area contributed by atoms with Gasteiger partial charge in [0.1, 0.15) is 11.4 Å². The number of nitrogens with one attached hydrogen (secondary N) is 1. The highest BCUT2D eigenvalue weighted by Crippen LogP contribution is 2.41. The maximum Gasteiger partial charge on any atom is 0.269 e. The Morgan fingerprint density at radius 2 is 2.04 bits per heavy atom. The summed E-state index contributed by atoms with van der Waals surface area (Å²) in [5, 5.41) is 12.3. The molecule has 1 amide bonds. The number of hydrogen-bond donors (Lipinski definition) is 2. The third-order valence-corrected chi connectivity index (χ3v) is 5.16. The summed E-state index contributed by atoms with van der Waals surface area (Å²) in [5.74, 6) is 0.810. The molecule has 2 N–H and O–H groups in total. The number of rotatable bonds is 6. The van der Waals surface area contributed by atoms with Crippen molar-refractivity contribution in [1.29, 1.82) is 0 Å². The number of amides is 1. The first-order valence-electron chi connectivity index (χ1n) is 8.95. The highest BCUT2D eigenvalue weighted by atomic mass is 16.3. The highest BCUT2D eigenvalue weighted by Gasteiger charge is 2.34. The Balaban J connectivity index is 1.96. The maximum atomic E-state index is 12.7. The number of carbonyl (C=O) groups excluding carboxylic acids is 2. The van der Waals surface area contributed by atoms with E-state index in [-0.39, 0.29) is 29.1 Å². The van der Waals surface area contributed by atoms with Crippen molar-refractivity contribution in [3.63, 3.8) is 0 Å². The molecule has 2 unspecified atom stereocenters. The van der Waals surface area contributed by atoms with Gasteiger partial charge in [-0.2, -0.15) is 0 Å². The minimum absolute atomic E-state index is 0.0521. The number of phenolic OH excluding ortho intramolecular Hbond substituents is 1. The molecular formula is C21H24N2O3. The molecule has 0 aliphatic heterocycles. The predicted octanol–water partition coefficient (Wildman–Crippen LogP) is 3.53. The molecule has 0 radical (unpaired) electrons. The number of carbonyl (C=O) groups is 2. The van der Waals surface area contributed by atoms with E-state index in [4.69, 9.17) is 0 Å². The van der Waals surface area contributed by atoms with E-state index in [2.05, 4.69) is 17.2 Å². The average Bonchev–Trinajstić information content (AvgIpc) is 3.34. The first kappa shape index (κ1) is 18.1. The fourth-order valence-corrected chi connectivity index (χ4v) is 3.18. The topological polar surface area (TPSA) is 79.3 Å². The van der Waals surface area contributed by atoms with Gasteiger partial charge in [-0.25, -0.2) is 4.98 Å². The number of phenols is 1. The first-order valence-corrected chi connectivity index (χ1v) is 8.95. The number of aromatic hydroxyl groups is 1. The number of aromatic nitrogens is 1. The number of ketones is 1. The van der Waals surface area contributed by atoms with Gasteiger partial charge in [-0.1, -0.05) is 26.0 Å². The van der Waals surface area contributed by atoms with Gasteiger partial charge in [0.05, 0.1) is 0 Å². The molecule has 1 saturated carbocycles. The molecule has 2 aromatic rings. The maximum absolute atomic E-state index is 12.7. The van der Waals surface area contributed by atoms with Gasteiger partial charge in [0, 0.05) is 30.6 Å². The van der Waals surface area contributed by atoms with Gasteiger partial charge in [-0.05, 0) is 48.1 Å². The van der Waals surface area contributed by atoms with Crippen LogP contribution >= 0.6 is 0 Å². The smallest absolute Gasteiger partial charge is 0.269 e. The van der Waals surface area contributed by atoms with Crippen LogP contribution in [0.25, 0.3) is 0 Å². The Kier molecular flexibility index (Phi) is 5.07. The van der Waals surface area contributed by atoms with Gasteiger partial charge in [-0.3, -0.25) is 9.59 Å². The summed E-state index contributed by atoms with van der Waals surface area (Å²) in [7, 11) is 1.54. The number of Topliss-reactive ketones (excluding diaryl/α,β-unsaturated/α-hetero) is 1. The molecular weight excluding hydrogens is 328 g/mol. The van der Waals surface area contributed by atoms with Crippen molar-refractivity contribution in [2.45, 2.75) is 32.6 Å². The Hall–Kier alpha value is -2.69. The van der Waals surface area contributed by atoms with E-state index in [0.717, 1.165) is 12.0 Å². The van der Waals surface area contributed by atoms with E-state index in [1.807, 2.05) is 13.0 Å². The van der Waals surface area contributed by atoms with E-state index in [9.17, 15) is 14.7 Å². The summed E-state index contributed by atoms with van der Waals surface area (Å²) >= 11 is 0. The van der Waals surface area contributed by atoms with Gasteiger partial charge in [0.15, 0.2) is 5.78 Å². The highest BCUT2D eigenvalue weighted by molar-refractivity contribution is 6.00. The van der Waals surface area contributed by atoms with Crippen LogP contribution < -0.4 is 5.32 Å². The molecule has 3 atom stereocenters. The monoisotopic (exact) mass is 352 g/mol. The fourth-order valence-electron chi connectivity index (χ4n) is 3.18. The van der Waals surface area contributed by atoms with E-state index in [0.29, 0.717) is 29.5 Å². The molecule has 3 rings (SSSR count). The molecule has 5 nitrogen and oxygen atoms in total. The largest absolute Gasteiger partial charge is 0.508 e. The minimum Gasteiger partial charge on any atom is -0.508 e. The van der Waals surface area contributed by atoms with Crippen molar-refractivity contribution in [3.8, 4) is 5.75 Å². The molecule has 0 spiro atoms. The van der Waals surface area contributed by atoms with E-state index < -0.39 is 0 Å². The molecule has 1 fully saturated rings. The molecule has 0 saturated heterocycles. The summed E-state index contributed by atoms with van der Waals surface area (Å²) in [4.78, 5) is 29.2. The zero-order chi connectivity index (χ0) is 18.8. The Morgan fingerprint density at radius 1 is 1.31 bits per heavy atom. The summed E-state index contributed by atoms with van der Waals surface area (Å²) in [6.45, 7) is 4.10. The van der Waals surface area contributed by atoms with E-state index in [1.54, 1.807) is 37.4 Å². The van der Waals surface area contributed by atoms with Crippen LogP contribution in [0.5, 0.6) is 5.75 Å². The normalized spacial score (nSPS) is 19.7. The van der Waals surface area contributed by atoms with Crippen molar-refractivity contribution < 1.29 is 14.7 Å². The molecule has 26 heavy (non-hydrogen) atoms. The SMILES string of the molecule is CNC(=O)c1cc(C(=O)CC2C[C@@H]2C)cc(C(C)c2cccc(O)c2)n1. The van der Waals surface area contributed by atoms with Crippen LogP contribution in [0.2, 0.25) is 0 Å². The van der Waals surface area contributed by atoms with Gasteiger partial charge in [-0.15, -0.1) is 0 Å². The molecule has 1 aliphatic carbocycles. The third-order valence-electron chi connectivity index (χ3n) is 5.16. The summed E-state index contributed by atoms with van der Waals surface area (Å²) in [6, 6.07) is 10.3. The second kappa shape index (κ2) is 7.28. The molecule has 1 aromatic carbocycles. The van der Waals surface area contributed by atoms with Crippen LogP contribution in [-0.2, 0) is 0 Å². The first-order chi connectivity index (χ1) is 12.4. The van der Waals surface area contributed by atoms with Gasteiger partial charge < -0.3 is 10.4 Å². The Labute approximate surface area is 153 Å². The second-order valence-electron chi connectivity index (χ2n) is 7.16. The number of pyridine rings is 1. The lowest BCUT2D eigenvalue weighted by molar-refractivity contribution is 0.0958. The van der Waals surface area contributed by atoms with Crippen molar-refractivity contribution in [2.24, 2.45) is 11.8 Å². The van der Waals surface area contributed by atoms with E-state index >= 15 is 0 Å². The molecule has 1 aliphatic rings. The minimum atomic E-state index is -0.316. The van der Waals surface area contributed by atoms with Crippen LogP contribution in [-0.4, -0.2) is 28.8 Å². The van der Waals surface area contributed by atoms with Crippen molar-refractivity contribution >= 4 is 11.7 Å². The Morgan fingerprint density at radius 3 is 2.65 bits per heavy atom. The van der Waals surface area contributed by atoms with Crippen LogP contribution in [0.15, 0.2) is 36.4 Å². The predicted molar refractivity (Wildman–Crippen MR) is 99.5 cm³/mol. The van der Waals surface area contributed by atoms with Gasteiger partial charge in [0.2, 0.25) is 0 Å². The molecule has 1 heterocycles. The Bertz CT molecular complexity index is 847. The lowest BCUT2D eigenvalue weighted by Crippen LogP contribution is -2.21. The lowest BCUT2D eigenvalue weighted by Gasteiger charge is -2.15. The zero-order valence-electron chi connectivity index (χ0n) is 15.3. The van der Waals surface area contributed by atoms with E-state index in [1.165, 1.54) is 0 Å². The summed E-state index contributed by atoms with van der Waals surface area (Å²) in [5.41, 5.74) is 2.29. The summed E-state index contributed by atoms with van der Waals surface area (Å²) in [6.07, 6.45) is 1.60. The van der Waals surface area contributed by atoms with Crippen LogP contribution in [0.3, 0.4) is 0 Å². The van der Waals surface area contributed by atoms with Crippen molar-refractivity contribution in [1.82, 2.24) is 10.3 Å². The molecule has 0 bridgehead atoms. The number of hydrogen-bond acceptors (Lipinski definition) is 4. The van der Waals surface area contributed by atoms with Crippen LogP contribution in [0, 0.1) is 11.8 Å². The van der Waals surface area contributed by atoms with Crippen molar-refractivity contribution in [3.05, 3.63) is 58.9 Å². The molecule has 5 heteroatoms.